The molecule has 0 radical (unpaired) electrons. The summed E-state index contributed by atoms with van der Waals surface area (Å²) in [6, 6.07) is 14.0. The number of aryl methyl sites for hydroxylation is 1. The van der Waals surface area contributed by atoms with Crippen LogP contribution in [0.25, 0.3) is 0 Å². The molecule has 0 saturated heterocycles. The van der Waals surface area contributed by atoms with Crippen LogP contribution < -0.4 is 9.30 Å². The third kappa shape index (κ3) is 6.46. The van der Waals surface area contributed by atoms with Gasteiger partial charge in [0.05, 0.1) is 6.07 Å². The molecule has 0 spiro atoms. The Hall–Kier alpha value is -1.65. The van der Waals surface area contributed by atoms with Crippen LogP contribution in [0, 0.1) is 0 Å². The van der Waals surface area contributed by atoms with Crippen molar-refractivity contribution >= 4 is 26.0 Å². The molecule has 2 aromatic rings. The van der Waals surface area contributed by atoms with Crippen LogP contribution in [-0.4, -0.2) is 18.5 Å². The van der Waals surface area contributed by atoms with Gasteiger partial charge in [0, 0.05) is 16.1 Å². The summed E-state index contributed by atoms with van der Waals surface area (Å²) in [5.41, 5.74) is -4.50. The molecule has 0 unspecified atom stereocenters. The number of hydrogen-bond donors (Lipinski definition) is 0. The van der Waals surface area contributed by atoms with Gasteiger partial charge in [-0.3, -0.25) is 0 Å². The smallest absolute Gasteiger partial charge is 0.485 e. The van der Waals surface area contributed by atoms with E-state index in [1.54, 1.807) is 0 Å². The van der Waals surface area contributed by atoms with E-state index >= 15 is 0 Å². The van der Waals surface area contributed by atoms with Crippen LogP contribution in [0.3, 0.4) is 0 Å². The third-order valence-corrected chi connectivity index (χ3v) is 3.96. The number of rotatable bonds is 3. The molecule has 1 heterocycles. The van der Waals surface area contributed by atoms with Crippen molar-refractivity contribution in [1.29, 1.82) is 0 Å². The lowest BCUT2D eigenvalue weighted by Crippen LogP contribution is -2.29. The first kappa shape index (κ1) is 20.4. The normalized spacial score (nSPS) is 11.4. The first-order chi connectivity index (χ1) is 11.0. The number of ether oxygens (including phenoxy) is 1. The van der Waals surface area contributed by atoms with Gasteiger partial charge < -0.3 is 9.29 Å². The molecule has 0 bridgehead atoms. The number of nitrogens with zero attached hydrogens (tertiary/aromatic N) is 1. The molecule has 24 heavy (non-hydrogen) atoms. The second kappa shape index (κ2) is 8.45. The van der Waals surface area contributed by atoms with Crippen molar-refractivity contribution in [3.05, 3.63) is 58.7 Å². The van der Waals surface area contributed by atoms with Crippen LogP contribution in [0.1, 0.15) is 5.56 Å². The monoisotopic (exact) mass is 427 g/mol. The summed E-state index contributed by atoms with van der Waals surface area (Å²) in [5, 5.41) is 0. The lowest BCUT2D eigenvalue weighted by Gasteiger charge is -2.08. The van der Waals surface area contributed by atoms with E-state index in [0.29, 0.717) is 6.61 Å². The number of aromatic nitrogens is 1. The van der Waals surface area contributed by atoms with Gasteiger partial charge in [0.2, 0.25) is 0 Å². The number of hydrogen-bond acceptors (Lipinski definition) is 4. The van der Waals surface area contributed by atoms with E-state index in [-0.39, 0.29) is 0 Å². The standard InChI is InChI=1S/C13H13BrNO.CHF3O3S/c1-15-9-5-4-8-13(15)16-10-11-6-2-3-7-12(11)14;2-1(3,4)8(5,6)7/h2-9H,10H2,1H3;(H,5,6,7)/q+1;/p-1. The van der Waals surface area contributed by atoms with Crippen molar-refractivity contribution in [2.75, 3.05) is 0 Å². The molecule has 0 aliphatic rings. The zero-order valence-corrected chi connectivity index (χ0v) is 14.7. The minimum Gasteiger partial charge on any atom is -0.741 e. The molecule has 0 amide bonds. The van der Waals surface area contributed by atoms with Gasteiger partial charge in [0.1, 0.15) is 13.7 Å². The molecule has 2 rings (SSSR count). The molecule has 0 atom stereocenters. The van der Waals surface area contributed by atoms with Gasteiger partial charge >= 0.3 is 11.4 Å². The van der Waals surface area contributed by atoms with Gasteiger partial charge in [-0.25, -0.2) is 8.42 Å². The highest BCUT2D eigenvalue weighted by molar-refractivity contribution is 9.10. The molecule has 0 saturated carbocycles. The third-order valence-electron chi connectivity index (χ3n) is 2.62. The summed E-state index contributed by atoms with van der Waals surface area (Å²) >= 11 is 3.50. The van der Waals surface area contributed by atoms with E-state index in [1.165, 1.54) is 0 Å². The van der Waals surface area contributed by atoms with Gasteiger partial charge in [-0.15, -0.1) is 0 Å². The predicted octanol–water partition coefficient (Wildman–Crippen LogP) is 2.90. The molecule has 1 aromatic carbocycles. The van der Waals surface area contributed by atoms with E-state index in [2.05, 4.69) is 15.9 Å². The Balaban J connectivity index is 0.000000307. The fourth-order valence-corrected chi connectivity index (χ4v) is 1.82. The number of alkyl halides is 3. The Bertz CT molecular complexity index is 736. The van der Waals surface area contributed by atoms with E-state index in [9.17, 15) is 13.2 Å². The summed E-state index contributed by atoms with van der Waals surface area (Å²) in [6.45, 7) is 0.569. The summed E-state index contributed by atoms with van der Waals surface area (Å²) in [7, 11) is -4.12. The Morgan fingerprint density at radius 3 is 2.21 bits per heavy atom. The van der Waals surface area contributed by atoms with Gasteiger partial charge in [-0.1, -0.05) is 34.1 Å². The lowest BCUT2D eigenvalue weighted by molar-refractivity contribution is -0.677. The zero-order valence-electron chi connectivity index (χ0n) is 12.3. The van der Waals surface area contributed by atoms with Gasteiger partial charge in [-0.05, 0) is 12.1 Å². The van der Waals surface area contributed by atoms with E-state index in [1.807, 2.05) is 60.3 Å². The molecule has 132 valence electrons. The summed E-state index contributed by atoms with van der Waals surface area (Å²) in [5.74, 6) is 0.859. The Morgan fingerprint density at radius 1 is 1.17 bits per heavy atom. The Kier molecular flexibility index (Phi) is 7.18. The van der Waals surface area contributed by atoms with Crippen LogP contribution >= 0.6 is 15.9 Å². The van der Waals surface area contributed by atoms with E-state index in [4.69, 9.17) is 17.7 Å². The maximum atomic E-state index is 10.7. The van der Waals surface area contributed by atoms with Crippen molar-refractivity contribution in [3.8, 4) is 5.88 Å². The number of benzene rings is 1. The van der Waals surface area contributed by atoms with Crippen LogP contribution in [0.4, 0.5) is 13.2 Å². The number of halogens is 4. The fraction of sp³-hybridized carbons (Fsp3) is 0.214. The van der Waals surface area contributed by atoms with Crippen molar-refractivity contribution in [1.82, 2.24) is 0 Å². The first-order valence-corrected chi connectivity index (χ1v) is 8.55. The van der Waals surface area contributed by atoms with E-state index in [0.717, 1.165) is 15.9 Å². The van der Waals surface area contributed by atoms with Crippen molar-refractivity contribution in [3.63, 3.8) is 0 Å². The second-order valence-electron chi connectivity index (χ2n) is 4.43. The van der Waals surface area contributed by atoms with Crippen LogP contribution in [0.2, 0.25) is 0 Å². The lowest BCUT2D eigenvalue weighted by atomic mass is 10.2. The summed E-state index contributed by atoms with van der Waals surface area (Å²) < 4.78 is 67.7. The molecular formula is C14H13BrF3NO4S. The van der Waals surface area contributed by atoms with Crippen LogP contribution in [0.15, 0.2) is 53.1 Å². The molecular weight excluding hydrogens is 415 g/mol. The van der Waals surface area contributed by atoms with Crippen LogP contribution in [-0.2, 0) is 23.8 Å². The average Bonchev–Trinajstić information content (AvgIpc) is 2.46. The predicted molar refractivity (Wildman–Crippen MR) is 81.8 cm³/mol. The summed E-state index contributed by atoms with van der Waals surface area (Å²) in [4.78, 5) is 0. The van der Waals surface area contributed by atoms with Crippen molar-refractivity contribution < 1.29 is 35.4 Å². The molecule has 0 N–H and O–H groups in total. The highest BCUT2D eigenvalue weighted by Crippen LogP contribution is 2.20. The second-order valence-corrected chi connectivity index (χ2v) is 6.66. The van der Waals surface area contributed by atoms with Crippen LogP contribution in [0.5, 0.6) is 5.88 Å². The largest absolute Gasteiger partial charge is 0.741 e. The molecule has 0 fully saturated rings. The van der Waals surface area contributed by atoms with E-state index < -0.39 is 15.6 Å². The highest BCUT2D eigenvalue weighted by atomic mass is 79.9. The Labute approximate surface area is 145 Å². The van der Waals surface area contributed by atoms with Crippen molar-refractivity contribution in [2.24, 2.45) is 7.05 Å². The average molecular weight is 428 g/mol. The molecule has 0 aliphatic heterocycles. The molecule has 0 aliphatic carbocycles. The molecule has 10 heteroatoms. The maximum absolute atomic E-state index is 10.7. The first-order valence-electron chi connectivity index (χ1n) is 6.35. The van der Waals surface area contributed by atoms with Gasteiger partial charge in [0.15, 0.2) is 16.3 Å². The molecule has 1 aromatic heterocycles. The topological polar surface area (TPSA) is 70.3 Å². The minimum atomic E-state index is -6.09. The highest BCUT2D eigenvalue weighted by Gasteiger charge is 2.36. The maximum Gasteiger partial charge on any atom is 0.485 e. The van der Waals surface area contributed by atoms with Crippen molar-refractivity contribution in [2.45, 2.75) is 12.1 Å². The van der Waals surface area contributed by atoms with Gasteiger partial charge in [-0.2, -0.15) is 17.7 Å². The Morgan fingerprint density at radius 2 is 1.71 bits per heavy atom. The summed E-state index contributed by atoms with van der Waals surface area (Å²) in [6.07, 6.45) is 1.97. The quantitative estimate of drug-likeness (QED) is 0.428. The zero-order chi connectivity index (χ0) is 18.4. The minimum absolute atomic E-state index is 0.569. The van der Waals surface area contributed by atoms with Gasteiger partial charge in [0.25, 0.3) is 0 Å². The fourth-order valence-electron chi connectivity index (χ4n) is 1.42. The SMILES string of the molecule is C[n+]1ccccc1OCc1ccccc1Br.O=S(=O)([O-])C(F)(F)F. The number of pyridine rings is 1. The molecule has 5 nitrogen and oxygen atoms in total.